The highest BCUT2D eigenvalue weighted by atomic mass is 19.4. The van der Waals surface area contributed by atoms with Crippen molar-refractivity contribution >= 4 is 11.0 Å². The number of nitrogens with two attached hydrogens (primary N) is 1. The normalized spacial score (nSPS) is 13.9. The molecule has 1 unspecified atom stereocenters. The predicted molar refractivity (Wildman–Crippen MR) is 85.1 cm³/mol. The Hall–Kier alpha value is -1.60. The summed E-state index contributed by atoms with van der Waals surface area (Å²) >= 11 is 0. The number of imidazole rings is 1. The molecular weight excluding hydrogens is 305 g/mol. The minimum atomic E-state index is -4.37. The van der Waals surface area contributed by atoms with Crippen LogP contribution in [0.5, 0.6) is 0 Å². The Balaban J connectivity index is 2.43. The predicted octanol–water partition coefficient (Wildman–Crippen LogP) is 3.42. The molecule has 2 aromatic rings. The molecule has 0 radical (unpaired) electrons. The minimum absolute atomic E-state index is 0.339. The van der Waals surface area contributed by atoms with Crippen molar-refractivity contribution < 1.29 is 13.2 Å². The molecule has 1 aromatic heterocycles. The third-order valence-corrected chi connectivity index (χ3v) is 4.05. The fraction of sp³-hybridized carbons (Fsp3) is 0.562. The van der Waals surface area contributed by atoms with Crippen molar-refractivity contribution in [2.75, 3.05) is 19.6 Å². The van der Waals surface area contributed by atoms with E-state index >= 15 is 0 Å². The first kappa shape index (κ1) is 17.7. The van der Waals surface area contributed by atoms with Gasteiger partial charge in [-0.1, -0.05) is 13.8 Å². The molecule has 7 heteroatoms. The first-order chi connectivity index (χ1) is 10.8. The molecule has 0 amide bonds. The second-order valence-corrected chi connectivity index (χ2v) is 5.64. The molecule has 2 N–H and O–H groups in total. The SMILES string of the molecule is CCN(CC)CCn1c(C(C)N)nc2cc(C(F)(F)F)ccc21. The fourth-order valence-corrected chi connectivity index (χ4v) is 2.69. The highest BCUT2D eigenvalue weighted by Gasteiger charge is 2.31. The molecule has 0 spiro atoms. The standard InChI is InChI=1S/C16H23F3N4/c1-4-22(5-2)8-9-23-14-7-6-12(16(17,18)19)10-13(14)21-15(23)11(3)20/h6-7,10-11H,4-5,8-9,20H2,1-3H3. The minimum Gasteiger partial charge on any atom is -0.325 e. The van der Waals surface area contributed by atoms with Gasteiger partial charge in [0.2, 0.25) is 0 Å². The van der Waals surface area contributed by atoms with E-state index in [1.807, 2.05) is 4.57 Å². The number of nitrogens with zero attached hydrogens (tertiary/aromatic N) is 3. The van der Waals surface area contributed by atoms with Crippen LogP contribution in [0.15, 0.2) is 18.2 Å². The average molecular weight is 328 g/mol. The summed E-state index contributed by atoms with van der Waals surface area (Å²) in [4.78, 5) is 6.59. The molecule has 0 aliphatic heterocycles. The van der Waals surface area contributed by atoms with Gasteiger partial charge in [-0.15, -0.1) is 0 Å². The van der Waals surface area contributed by atoms with E-state index in [-0.39, 0.29) is 6.04 Å². The molecule has 0 fully saturated rings. The zero-order chi connectivity index (χ0) is 17.2. The second-order valence-electron chi connectivity index (χ2n) is 5.64. The summed E-state index contributed by atoms with van der Waals surface area (Å²) in [6.45, 7) is 9.26. The second kappa shape index (κ2) is 6.88. The van der Waals surface area contributed by atoms with E-state index in [0.717, 1.165) is 31.8 Å². The lowest BCUT2D eigenvalue weighted by Crippen LogP contribution is -2.28. The van der Waals surface area contributed by atoms with E-state index in [4.69, 9.17) is 5.73 Å². The van der Waals surface area contributed by atoms with Gasteiger partial charge in [-0.3, -0.25) is 0 Å². The van der Waals surface area contributed by atoms with Crippen molar-refractivity contribution in [1.82, 2.24) is 14.5 Å². The molecule has 23 heavy (non-hydrogen) atoms. The van der Waals surface area contributed by atoms with Gasteiger partial charge in [-0.2, -0.15) is 13.2 Å². The number of rotatable bonds is 6. The number of likely N-dealkylation sites (N-methyl/N-ethyl adjacent to an activating group) is 1. The van der Waals surface area contributed by atoms with Gasteiger partial charge in [-0.05, 0) is 38.2 Å². The Bertz CT molecular complexity index is 657. The number of alkyl halides is 3. The van der Waals surface area contributed by atoms with E-state index in [0.29, 0.717) is 23.4 Å². The lowest BCUT2D eigenvalue weighted by molar-refractivity contribution is -0.137. The maximum absolute atomic E-state index is 12.9. The Morgan fingerprint density at radius 2 is 1.91 bits per heavy atom. The molecular formula is C16H23F3N4. The zero-order valence-electron chi connectivity index (χ0n) is 13.7. The maximum Gasteiger partial charge on any atom is 0.416 e. The third-order valence-electron chi connectivity index (χ3n) is 4.05. The molecule has 4 nitrogen and oxygen atoms in total. The topological polar surface area (TPSA) is 47.1 Å². The zero-order valence-corrected chi connectivity index (χ0v) is 13.7. The van der Waals surface area contributed by atoms with E-state index in [1.54, 1.807) is 6.92 Å². The summed E-state index contributed by atoms with van der Waals surface area (Å²) in [6, 6.07) is 3.34. The Morgan fingerprint density at radius 3 is 2.43 bits per heavy atom. The van der Waals surface area contributed by atoms with Crippen LogP contribution in [-0.2, 0) is 12.7 Å². The van der Waals surface area contributed by atoms with Crippen LogP contribution in [0.1, 0.15) is 38.2 Å². The smallest absolute Gasteiger partial charge is 0.325 e. The van der Waals surface area contributed by atoms with Crippen molar-refractivity contribution in [2.24, 2.45) is 5.73 Å². The third kappa shape index (κ3) is 3.84. The molecule has 128 valence electrons. The molecule has 1 aromatic carbocycles. The van der Waals surface area contributed by atoms with Crippen LogP contribution in [0.3, 0.4) is 0 Å². The van der Waals surface area contributed by atoms with Gasteiger partial charge in [0.25, 0.3) is 0 Å². The van der Waals surface area contributed by atoms with Gasteiger partial charge in [-0.25, -0.2) is 4.98 Å². The Labute approximate surface area is 134 Å². The molecule has 0 aliphatic rings. The van der Waals surface area contributed by atoms with Crippen LogP contribution in [0.25, 0.3) is 11.0 Å². The first-order valence-electron chi connectivity index (χ1n) is 7.83. The molecule has 0 aliphatic carbocycles. The Kier molecular flexibility index (Phi) is 5.31. The van der Waals surface area contributed by atoms with Gasteiger partial charge >= 0.3 is 6.18 Å². The van der Waals surface area contributed by atoms with Crippen molar-refractivity contribution in [3.05, 3.63) is 29.6 Å². The van der Waals surface area contributed by atoms with Gasteiger partial charge in [0, 0.05) is 13.1 Å². The number of hydrogen-bond acceptors (Lipinski definition) is 3. The molecule has 1 heterocycles. The fourth-order valence-electron chi connectivity index (χ4n) is 2.69. The van der Waals surface area contributed by atoms with E-state index in [9.17, 15) is 13.2 Å². The Morgan fingerprint density at radius 1 is 1.26 bits per heavy atom. The number of aromatic nitrogens is 2. The van der Waals surface area contributed by atoms with Crippen molar-refractivity contribution in [3.63, 3.8) is 0 Å². The average Bonchev–Trinajstić information content (AvgIpc) is 2.85. The van der Waals surface area contributed by atoms with Crippen LogP contribution >= 0.6 is 0 Å². The summed E-state index contributed by atoms with van der Waals surface area (Å²) in [5, 5.41) is 0. The van der Waals surface area contributed by atoms with E-state index < -0.39 is 11.7 Å². The van der Waals surface area contributed by atoms with Gasteiger partial charge in [0.05, 0.1) is 22.6 Å². The van der Waals surface area contributed by atoms with Gasteiger partial charge in [0.15, 0.2) is 0 Å². The summed E-state index contributed by atoms with van der Waals surface area (Å²) in [5.41, 5.74) is 6.30. The number of benzene rings is 1. The summed E-state index contributed by atoms with van der Waals surface area (Å²) in [6.07, 6.45) is -4.37. The summed E-state index contributed by atoms with van der Waals surface area (Å²) < 4.78 is 40.5. The van der Waals surface area contributed by atoms with Gasteiger partial charge in [0.1, 0.15) is 5.82 Å². The van der Waals surface area contributed by atoms with Crippen molar-refractivity contribution in [2.45, 2.75) is 39.5 Å². The number of halogens is 3. The summed E-state index contributed by atoms with van der Waals surface area (Å²) in [7, 11) is 0. The largest absolute Gasteiger partial charge is 0.416 e. The maximum atomic E-state index is 12.9. The van der Waals surface area contributed by atoms with Crippen LogP contribution in [0.2, 0.25) is 0 Å². The number of fused-ring (bicyclic) bond motifs is 1. The molecule has 0 saturated heterocycles. The molecule has 1 atom stereocenters. The van der Waals surface area contributed by atoms with E-state index in [2.05, 4.69) is 23.7 Å². The molecule has 0 saturated carbocycles. The summed E-state index contributed by atoms with van der Waals surface area (Å²) in [5.74, 6) is 0.617. The van der Waals surface area contributed by atoms with Crippen LogP contribution < -0.4 is 5.73 Å². The van der Waals surface area contributed by atoms with E-state index in [1.165, 1.54) is 6.07 Å². The highest BCUT2D eigenvalue weighted by molar-refractivity contribution is 5.77. The lowest BCUT2D eigenvalue weighted by atomic mass is 10.2. The monoisotopic (exact) mass is 328 g/mol. The quantitative estimate of drug-likeness (QED) is 0.884. The molecule has 0 bridgehead atoms. The lowest BCUT2D eigenvalue weighted by Gasteiger charge is -2.20. The van der Waals surface area contributed by atoms with Gasteiger partial charge < -0.3 is 15.2 Å². The highest BCUT2D eigenvalue weighted by Crippen LogP contribution is 2.32. The molecule has 2 rings (SSSR count). The van der Waals surface area contributed by atoms with Crippen LogP contribution in [-0.4, -0.2) is 34.1 Å². The first-order valence-corrected chi connectivity index (χ1v) is 7.83. The van der Waals surface area contributed by atoms with Crippen molar-refractivity contribution in [1.29, 1.82) is 0 Å². The van der Waals surface area contributed by atoms with Crippen molar-refractivity contribution in [3.8, 4) is 0 Å². The number of hydrogen-bond donors (Lipinski definition) is 1. The van der Waals surface area contributed by atoms with Crippen LogP contribution in [0.4, 0.5) is 13.2 Å². The van der Waals surface area contributed by atoms with Crippen LogP contribution in [0, 0.1) is 0 Å².